The Kier molecular flexibility index (Phi) is 10.0. The van der Waals surface area contributed by atoms with Gasteiger partial charge in [-0.15, -0.1) is 0 Å². The fourth-order valence-electron chi connectivity index (χ4n) is 2.12. The first-order chi connectivity index (χ1) is 13.8. The van der Waals surface area contributed by atoms with Gasteiger partial charge in [0.05, 0.1) is 12.1 Å². The molecule has 158 valence electrons. The Morgan fingerprint density at radius 3 is 2.41 bits per heavy atom. The summed E-state index contributed by atoms with van der Waals surface area (Å²) >= 11 is 5.82. The van der Waals surface area contributed by atoms with E-state index >= 15 is 0 Å². The van der Waals surface area contributed by atoms with Gasteiger partial charge in [-0.25, -0.2) is 4.79 Å². The number of amides is 1. The van der Waals surface area contributed by atoms with Crippen molar-refractivity contribution in [2.24, 2.45) is 0 Å². The molecule has 0 aromatic heterocycles. The molecule has 5 nitrogen and oxygen atoms in total. The summed E-state index contributed by atoms with van der Waals surface area (Å²) in [4.78, 5) is 22.6. The maximum absolute atomic E-state index is 12.9. The summed E-state index contributed by atoms with van der Waals surface area (Å²) in [5, 5.41) is 2.74. The lowest BCUT2D eigenvalue weighted by Gasteiger charge is -2.19. The zero-order valence-corrected chi connectivity index (χ0v) is 16.6. The highest BCUT2D eigenvalue weighted by molar-refractivity contribution is 6.30. The van der Waals surface area contributed by atoms with Crippen LogP contribution in [0.3, 0.4) is 0 Å². The van der Waals surface area contributed by atoms with Gasteiger partial charge in [0, 0.05) is 10.6 Å². The molecule has 0 fully saturated rings. The van der Waals surface area contributed by atoms with E-state index in [2.05, 4.69) is 5.32 Å². The van der Waals surface area contributed by atoms with Crippen LogP contribution in [-0.4, -0.2) is 25.5 Å². The molecule has 0 aliphatic carbocycles. The smallest absolute Gasteiger partial charge is 0.416 e. The average molecular weight is 432 g/mol. The molecule has 0 aliphatic heterocycles. The third-order valence-corrected chi connectivity index (χ3v) is 3.63. The first kappa shape index (κ1) is 24.3. The SMILES string of the molecule is CC.O=CNCCOC(=O)C(Oc1cccc(C(F)(F)F)c1)c1ccc(Cl)cc1. The van der Waals surface area contributed by atoms with Crippen LogP contribution in [-0.2, 0) is 20.5 Å². The van der Waals surface area contributed by atoms with Crippen molar-refractivity contribution < 1.29 is 32.2 Å². The van der Waals surface area contributed by atoms with Crippen molar-refractivity contribution in [3.8, 4) is 5.75 Å². The summed E-state index contributed by atoms with van der Waals surface area (Å²) in [6.45, 7) is 3.97. The molecule has 1 N–H and O–H groups in total. The van der Waals surface area contributed by atoms with Crippen LogP contribution in [0.15, 0.2) is 48.5 Å². The second kappa shape index (κ2) is 12.0. The van der Waals surface area contributed by atoms with Crippen molar-refractivity contribution in [3.63, 3.8) is 0 Å². The van der Waals surface area contributed by atoms with Crippen molar-refractivity contribution in [1.29, 1.82) is 0 Å². The molecule has 9 heteroatoms. The normalized spacial score (nSPS) is 11.5. The molecule has 0 heterocycles. The summed E-state index contributed by atoms with van der Waals surface area (Å²) < 4.78 is 49.1. The van der Waals surface area contributed by atoms with Crippen LogP contribution < -0.4 is 10.1 Å². The third-order valence-electron chi connectivity index (χ3n) is 3.38. The fraction of sp³-hybridized carbons (Fsp3) is 0.300. The van der Waals surface area contributed by atoms with Gasteiger partial charge in [0.15, 0.2) is 0 Å². The van der Waals surface area contributed by atoms with Crippen LogP contribution in [0.4, 0.5) is 13.2 Å². The molecule has 2 rings (SSSR count). The molecule has 0 radical (unpaired) electrons. The van der Waals surface area contributed by atoms with Crippen LogP contribution in [0, 0.1) is 0 Å². The van der Waals surface area contributed by atoms with E-state index in [0.717, 1.165) is 12.1 Å². The Morgan fingerprint density at radius 2 is 1.83 bits per heavy atom. The van der Waals surface area contributed by atoms with Crippen LogP contribution in [0.5, 0.6) is 5.75 Å². The maximum Gasteiger partial charge on any atom is 0.416 e. The molecule has 0 bridgehead atoms. The summed E-state index contributed by atoms with van der Waals surface area (Å²) in [6, 6.07) is 10.2. The number of alkyl halides is 3. The molecule has 2 aromatic carbocycles. The standard InChI is InChI=1S/C18H15ClF3NO4.C2H6/c19-14-6-4-12(5-7-14)16(17(25)26-9-8-23-11-24)27-15-3-1-2-13(10-15)18(20,21)22;1-2/h1-7,10-11,16H,8-9H2,(H,23,24);1-2H3. The Morgan fingerprint density at radius 1 is 1.17 bits per heavy atom. The zero-order valence-electron chi connectivity index (χ0n) is 15.8. The van der Waals surface area contributed by atoms with Gasteiger partial charge in [-0.2, -0.15) is 13.2 Å². The van der Waals surface area contributed by atoms with Crippen molar-refractivity contribution in [2.45, 2.75) is 26.1 Å². The monoisotopic (exact) mass is 431 g/mol. The molecule has 0 aliphatic rings. The van der Waals surface area contributed by atoms with Crippen molar-refractivity contribution in [3.05, 3.63) is 64.7 Å². The van der Waals surface area contributed by atoms with Crippen LogP contribution in [0.2, 0.25) is 5.02 Å². The van der Waals surface area contributed by atoms with E-state index in [0.29, 0.717) is 17.0 Å². The highest BCUT2D eigenvalue weighted by Crippen LogP contribution is 2.33. The minimum absolute atomic E-state index is 0.0894. The molecule has 1 unspecified atom stereocenters. The second-order valence-electron chi connectivity index (χ2n) is 5.31. The minimum atomic E-state index is -4.55. The number of ether oxygens (including phenoxy) is 2. The first-order valence-electron chi connectivity index (χ1n) is 8.74. The van der Waals surface area contributed by atoms with E-state index < -0.39 is 23.8 Å². The predicted octanol–water partition coefficient (Wildman–Crippen LogP) is 4.79. The minimum Gasteiger partial charge on any atom is -0.474 e. The maximum atomic E-state index is 12.9. The molecule has 0 spiro atoms. The molecule has 1 amide bonds. The van der Waals surface area contributed by atoms with Gasteiger partial charge in [-0.05, 0) is 30.3 Å². The summed E-state index contributed by atoms with van der Waals surface area (Å²) in [6.07, 6.45) is -5.40. The van der Waals surface area contributed by atoms with E-state index in [1.165, 1.54) is 36.4 Å². The fourth-order valence-corrected chi connectivity index (χ4v) is 2.24. The van der Waals surface area contributed by atoms with E-state index in [4.69, 9.17) is 21.1 Å². The van der Waals surface area contributed by atoms with Crippen molar-refractivity contribution in [2.75, 3.05) is 13.2 Å². The highest BCUT2D eigenvalue weighted by atomic mass is 35.5. The topological polar surface area (TPSA) is 64.6 Å². The van der Waals surface area contributed by atoms with Crippen molar-refractivity contribution >= 4 is 24.0 Å². The largest absolute Gasteiger partial charge is 0.474 e. The van der Waals surface area contributed by atoms with Gasteiger partial charge in [-0.1, -0.05) is 43.6 Å². The Bertz CT molecular complexity index is 782. The van der Waals surface area contributed by atoms with E-state index in [1.807, 2.05) is 13.8 Å². The third kappa shape index (κ3) is 8.03. The predicted molar refractivity (Wildman–Crippen MR) is 103 cm³/mol. The molecule has 1 atom stereocenters. The van der Waals surface area contributed by atoms with Crippen LogP contribution >= 0.6 is 11.6 Å². The Hall–Kier alpha value is -2.74. The number of hydrogen-bond donors (Lipinski definition) is 1. The number of carbonyl (C=O) groups is 2. The summed E-state index contributed by atoms with van der Waals surface area (Å²) in [7, 11) is 0. The average Bonchev–Trinajstić information content (AvgIpc) is 2.71. The van der Waals surface area contributed by atoms with E-state index in [9.17, 15) is 22.8 Å². The van der Waals surface area contributed by atoms with Crippen LogP contribution in [0.25, 0.3) is 0 Å². The highest BCUT2D eigenvalue weighted by Gasteiger charge is 2.31. The summed E-state index contributed by atoms with van der Waals surface area (Å²) in [5.74, 6) is -0.963. The number of hydrogen-bond acceptors (Lipinski definition) is 4. The quantitative estimate of drug-likeness (QED) is 0.370. The molecular formula is C20H21ClF3NO4. The second-order valence-corrected chi connectivity index (χ2v) is 5.75. The number of rotatable bonds is 8. The molecule has 0 saturated heterocycles. The van der Waals surface area contributed by atoms with Gasteiger partial charge in [0.25, 0.3) is 0 Å². The van der Waals surface area contributed by atoms with Gasteiger partial charge in [0.2, 0.25) is 12.5 Å². The zero-order chi connectivity index (χ0) is 21.9. The summed E-state index contributed by atoms with van der Waals surface area (Å²) in [5.41, 5.74) is -0.552. The van der Waals surface area contributed by atoms with Crippen LogP contribution in [0.1, 0.15) is 31.1 Å². The van der Waals surface area contributed by atoms with E-state index in [1.54, 1.807) is 0 Å². The molecule has 29 heavy (non-hydrogen) atoms. The number of halogens is 4. The van der Waals surface area contributed by atoms with Gasteiger partial charge < -0.3 is 14.8 Å². The Labute approximate surface area is 171 Å². The first-order valence-corrected chi connectivity index (χ1v) is 9.12. The van der Waals surface area contributed by atoms with Crippen molar-refractivity contribution in [1.82, 2.24) is 5.32 Å². The number of carbonyl (C=O) groups excluding carboxylic acids is 2. The van der Waals surface area contributed by atoms with E-state index in [-0.39, 0.29) is 18.9 Å². The Balaban J connectivity index is 0.00000204. The molecular weight excluding hydrogens is 411 g/mol. The lowest BCUT2D eigenvalue weighted by molar-refractivity contribution is -0.152. The lowest BCUT2D eigenvalue weighted by Crippen LogP contribution is -2.25. The van der Waals surface area contributed by atoms with Gasteiger partial charge >= 0.3 is 12.1 Å². The number of benzene rings is 2. The van der Waals surface area contributed by atoms with Gasteiger partial charge in [-0.3, -0.25) is 4.79 Å². The van der Waals surface area contributed by atoms with Gasteiger partial charge in [0.1, 0.15) is 12.4 Å². The lowest BCUT2D eigenvalue weighted by atomic mass is 10.1. The molecule has 2 aromatic rings. The molecule has 0 saturated carbocycles. The number of esters is 1. The number of nitrogens with one attached hydrogen (secondary N) is 1.